The van der Waals surface area contributed by atoms with Gasteiger partial charge in [-0.05, 0) is 23.9 Å². The summed E-state index contributed by atoms with van der Waals surface area (Å²) >= 11 is 1.68. The molecule has 0 saturated heterocycles. The van der Waals surface area contributed by atoms with Crippen molar-refractivity contribution in [3.8, 4) is 10.6 Å². The Balaban J connectivity index is 2.30. The van der Waals surface area contributed by atoms with E-state index in [0.29, 0.717) is 19.0 Å². The smallest absolute Gasteiger partial charge is 0.223 e. The van der Waals surface area contributed by atoms with Gasteiger partial charge in [-0.3, -0.25) is 0 Å². The van der Waals surface area contributed by atoms with Crippen LogP contribution in [-0.2, 0) is 0 Å². The number of hydrogen-bond donors (Lipinski definition) is 2. The maximum atomic E-state index is 5.42. The third-order valence-electron chi connectivity index (χ3n) is 2.15. The maximum absolute atomic E-state index is 5.42. The van der Waals surface area contributed by atoms with Crippen molar-refractivity contribution in [3.05, 3.63) is 29.3 Å². The molecular formula is C11H14N4S. The molecule has 0 unspecified atom stereocenters. The number of anilines is 1. The quantitative estimate of drug-likeness (QED) is 0.848. The van der Waals surface area contributed by atoms with Gasteiger partial charge in [-0.25, -0.2) is 9.97 Å². The average Bonchev–Trinajstić information content (AvgIpc) is 2.81. The van der Waals surface area contributed by atoms with Gasteiger partial charge >= 0.3 is 0 Å². The highest BCUT2D eigenvalue weighted by Gasteiger charge is 2.06. The van der Waals surface area contributed by atoms with Gasteiger partial charge in [0, 0.05) is 19.3 Å². The molecular weight excluding hydrogens is 220 g/mol. The Kier molecular flexibility index (Phi) is 3.48. The summed E-state index contributed by atoms with van der Waals surface area (Å²) in [6.07, 6.45) is 1.83. The Hall–Kier alpha value is -1.46. The van der Waals surface area contributed by atoms with Gasteiger partial charge in [-0.1, -0.05) is 6.07 Å². The molecule has 0 spiro atoms. The van der Waals surface area contributed by atoms with Crippen LogP contribution in [0.25, 0.3) is 10.6 Å². The van der Waals surface area contributed by atoms with Crippen LogP contribution in [0.1, 0.15) is 5.56 Å². The minimum absolute atomic E-state index is 0.575. The van der Waals surface area contributed by atoms with E-state index in [1.807, 2.05) is 24.6 Å². The van der Waals surface area contributed by atoms with E-state index in [-0.39, 0.29) is 0 Å². The van der Waals surface area contributed by atoms with Crippen molar-refractivity contribution < 1.29 is 0 Å². The van der Waals surface area contributed by atoms with E-state index in [4.69, 9.17) is 5.73 Å². The zero-order chi connectivity index (χ0) is 11.4. The molecule has 0 aliphatic rings. The first-order chi connectivity index (χ1) is 7.81. The van der Waals surface area contributed by atoms with Gasteiger partial charge in [0.1, 0.15) is 0 Å². The summed E-state index contributed by atoms with van der Waals surface area (Å²) in [6.45, 7) is 3.28. The molecule has 2 heterocycles. The van der Waals surface area contributed by atoms with Crippen molar-refractivity contribution in [1.82, 2.24) is 9.97 Å². The van der Waals surface area contributed by atoms with Gasteiger partial charge in [0.25, 0.3) is 0 Å². The second-order valence-electron chi connectivity index (χ2n) is 3.42. The molecule has 2 aromatic rings. The number of aromatic nitrogens is 2. The van der Waals surface area contributed by atoms with E-state index in [9.17, 15) is 0 Å². The first-order valence-corrected chi connectivity index (χ1v) is 6.00. The fraction of sp³-hybridized carbons (Fsp3) is 0.273. The maximum Gasteiger partial charge on any atom is 0.223 e. The van der Waals surface area contributed by atoms with Crippen molar-refractivity contribution in [3.63, 3.8) is 0 Å². The zero-order valence-corrected chi connectivity index (χ0v) is 9.92. The molecule has 2 rings (SSSR count). The van der Waals surface area contributed by atoms with Crippen LogP contribution < -0.4 is 11.1 Å². The van der Waals surface area contributed by atoms with Crippen LogP contribution in [0.4, 0.5) is 5.95 Å². The first kappa shape index (κ1) is 11.0. The first-order valence-electron chi connectivity index (χ1n) is 5.12. The normalized spacial score (nSPS) is 10.4. The Morgan fingerprint density at radius 2 is 2.38 bits per heavy atom. The molecule has 0 amide bonds. The lowest BCUT2D eigenvalue weighted by atomic mass is 10.2. The van der Waals surface area contributed by atoms with Crippen LogP contribution in [0, 0.1) is 6.92 Å². The fourth-order valence-electron chi connectivity index (χ4n) is 1.37. The molecule has 3 N–H and O–H groups in total. The SMILES string of the molecule is Cc1cnc(NCCN)nc1-c1cccs1. The van der Waals surface area contributed by atoms with E-state index >= 15 is 0 Å². The molecule has 0 radical (unpaired) electrons. The predicted molar refractivity (Wildman–Crippen MR) is 67.6 cm³/mol. The molecule has 0 atom stereocenters. The van der Waals surface area contributed by atoms with Gasteiger partial charge in [-0.15, -0.1) is 11.3 Å². The molecule has 16 heavy (non-hydrogen) atoms. The minimum atomic E-state index is 0.575. The molecule has 0 aliphatic heterocycles. The molecule has 0 saturated carbocycles. The molecule has 2 aromatic heterocycles. The van der Waals surface area contributed by atoms with Crippen LogP contribution in [-0.4, -0.2) is 23.1 Å². The number of nitrogens with one attached hydrogen (secondary N) is 1. The Labute approximate surface area is 98.6 Å². The highest BCUT2D eigenvalue weighted by Crippen LogP contribution is 2.25. The van der Waals surface area contributed by atoms with Crippen LogP contribution in [0.2, 0.25) is 0 Å². The third kappa shape index (κ3) is 2.37. The van der Waals surface area contributed by atoms with Crippen LogP contribution >= 0.6 is 11.3 Å². The number of hydrogen-bond acceptors (Lipinski definition) is 5. The van der Waals surface area contributed by atoms with E-state index in [0.717, 1.165) is 16.1 Å². The summed E-state index contributed by atoms with van der Waals surface area (Å²) in [5.74, 6) is 0.638. The van der Waals surface area contributed by atoms with Gasteiger partial charge < -0.3 is 11.1 Å². The lowest BCUT2D eigenvalue weighted by molar-refractivity contribution is 0.987. The van der Waals surface area contributed by atoms with Crippen molar-refractivity contribution in [1.29, 1.82) is 0 Å². The molecule has 5 heteroatoms. The Bertz CT molecular complexity index is 453. The Morgan fingerprint density at radius 3 is 3.06 bits per heavy atom. The van der Waals surface area contributed by atoms with Gasteiger partial charge in [0.15, 0.2) is 0 Å². The average molecular weight is 234 g/mol. The summed E-state index contributed by atoms with van der Waals surface area (Å²) in [4.78, 5) is 9.86. The lowest BCUT2D eigenvalue weighted by Crippen LogP contribution is -2.15. The lowest BCUT2D eigenvalue weighted by Gasteiger charge is -2.06. The van der Waals surface area contributed by atoms with E-state index in [1.54, 1.807) is 11.3 Å². The van der Waals surface area contributed by atoms with Crippen LogP contribution in [0.15, 0.2) is 23.7 Å². The molecule has 0 fully saturated rings. The number of rotatable bonds is 4. The van der Waals surface area contributed by atoms with Crippen LogP contribution in [0.3, 0.4) is 0 Å². The van der Waals surface area contributed by atoms with Gasteiger partial charge in [0.2, 0.25) is 5.95 Å². The summed E-state index contributed by atoms with van der Waals surface area (Å²) in [6, 6.07) is 4.08. The van der Waals surface area contributed by atoms with E-state index in [2.05, 4.69) is 21.4 Å². The predicted octanol–water partition coefficient (Wildman–Crippen LogP) is 1.88. The summed E-state index contributed by atoms with van der Waals surface area (Å²) in [5, 5.41) is 5.13. The second-order valence-corrected chi connectivity index (χ2v) is 4.37. The standard InChI is InChI=1S/C11H14N4S/c1-8-7-14-11(13-5-4-12)15-10(8)9-3-2-6-16-9/h2-3,6-7H,4-5,12H2,1H3,(H,13,14,15). The van der Waals surface area contributed by atoms with E-state index in [1.165, 1.54) is 0 Å². The molecule has 84 valence electrons. The van der Waals surface area contributed by atoms with Crippen molar-refractivity contribution in [2.75, 3.05) is 18.4 Å². The highest BCUT2D eigenvalue weighted by molar-refractivity contribution is 7.13. The number of thiophene rings is 1. The molecule has 4 nitrogen and oxygen atoms in total. The molecule has 0 aromatic carbocycles. The molecule has 0 aliphatic carbocycles. The number of aryl methyl sites for hydroxylation is 1. The topological polar surface area (TPSA) is 63.8 Å². The second kappa shape index (κ2) is 5.05. The third-order valence-corrected chi connectivity index (χ3v) is 3.03. The largest absolute Gasteiger partial charge is 0.353 e. The summed E-state index contributed by atoms with van der Waals surface area (Å²) in [5.41, 5.74) is 7.50. The Morgan fingerprint density at radius 1 is 1.50 bits per heavy atom. The minimum Gasteiger partial charge on any atom is -0.353 e. The van der Waals surface area contributed by atoms with Gasteiger partial charge in [0.05, 0.1) is 10.6 Å². The molecule has 0 bridgehead atoms. The van der Waals surface area contributed by atoms with Crippen LogP contribution in [0.5, 0.6) is 0 Å². The fourth-order valence-corrected chi connectivity index (χ4v) is 2.15. The van der Waals surface area contributed by atoms with Crippen molar-refractivity contribution >= 4 is 17.3 Å². The summed E-state index contributed by atoms with van der Waals surface area (Å²) < 4.78 is 0. The summed E-state index contributed by atoms with van der Waals surface area (Å²) in [7, 11) is 0. The van der Waals surface area contributed by atoms with Gasteiger partial charge in [-0.2, -0.15) is 0 Å². The monoisotopic (exact) mass is 234 g/mol. The zero-order valence-electron chi connectivity index (χ0n) is 9.10. The number of nitrogens with zero attached hydrogens (tertiary/aromatic N) is 2. The van der Waals surface area contributed by atoms with Crippen molar-refractivity contribution in [2.24, 2.45) is 5.73 Å². The van der Waals surface area contributed by atoms with Crippen molar-refractivity contribution in [2.45, 2.75) is 6.92 Å². The van der Waals surface area contributed by atoms with E-state index < -0.39 is 0 Å². The highest BCUT2D eigenvalue weighted by atomic mass is 32.1. The number of nitrogens with two attached hydrogens (primary N) is 1.